The van der Waals surface area contributed by atoms with Gasteiger partial charge < -0.3 is 5.32 Å². The highest BCUT2D eigenvalue weighted by atomic mass is 32.1. The molecule has 29 heavy (non-hydrogen) atoms. The SMILES string of the molecule is Cc1ccc(-c2nc(C)sc2CC(=O)Nc2cnc3c(cnn3C(C)C)c2)cc1. The Morgan fingerprint density at radius 2 is 1.93 bits per heavy atom. The van der Waals surface area contributed by atoms with Gasteiger partial charge in [-0.05, 0) is 33.8 Å². The van der Waals surface area contributed by atoms with Gasteiger partial charge in [-0.2, -0.15) is 5.10 Å². The van der Waals surface area contributed by atoms with Gasteiger partial charge in [0.05, 0.1) is 35.2 Å². The van der Waals surface area contributed by atoms with Gasteiger partial charge >= 0.3 is 0 Å². The third-order valence-electron chi connectivity index (χ3n) is 4.66. The highest BCUT2D eigenvalue weighted by Crippen LogP contribution is 2.29. The van der Waals surface area contributed by atoms with E-state index in [9.17, 15) is 4.79 Å². The van der Waals surface area contributed by atoms with Crippen LogP contribution in [0.3, 0.4) is 0 Å². The molecule has 0 saturated carbocycles. The summed E-state index contributed by atoms with van der Waals surface area (Å²) in [6.45, 7) is 8.15. The van der Waals surface area contributed by atoms with E-state index in [1.165, 1.54) is 5.56 Å². The highest BCUT2D eigenvalue weighted by Gasteiger charge is 2.16. The topological polar surface area (TPSA) is 72.7 Å². The van der Waals surface area contributed by atoms with E-state index in [0.717, 1.165) is 32.2 Å². The maximum Gasteiger partial charge on any atom is 0.229 e. The van der Waals surface area contributed by atoms with Crippen LogP contribution in [-0.4, -0.2) is 25.7 Å². The van der Waals surface area contributed by atoms with Gasteiger partial charge in [0.1, 0.15) is 0 Å². The largest absolute Gasteiger partial charge is 0.324 e. The van der Waals surface area contributed by atoms with E-state index in [-0.39, 0.29) is 18.4 Å². The third-order valence-corrected chi connectivity index (χ3v) is 5.63. The molecule has 0 saturated heterocycles. The molecule has 1 N–H and O–H groups in total. The van der Waals surface area contributed by atoms with Crippen molar-refractivity contribution in [2.24, 2.45) is 0 Å². The Labute approximate surface area is 173 Å². The molecule has 3 heterocycles. The van der Waals surface area contributed by atoms with Crippen molar-refractivity contribution in [1.29, 1.82) is 0 Å². The highest BCUT2D eigenvalue weighted by molar-refractivity contribution is 7.12. The summed E-state index contributed by atoms with van der Waals surface area (Å²) in [4.78, 5) is 22.8. The van der Waals surface area contributed by atoms with E-state index in [1.54, 1.807) is 23.7 Å². The fourth-order valence-corrected chi connectivity index (χ4v) is 4.22. The number of benzene rings is 1. The summed E-state index contributed by atoms with van der Waals surface area (Å²) < 4.78 is 1.87. The average Bonchev–Trinajstić information content (AvgIpc) is 3.25. The Balaban J connectivity index is 1.53. The van der Waals surface area contributed by atoms with Crippen molar-refractivity contribution in [3.63, 3.8) is 0 Å². The number of thiazole rings is 1. The average molecular weight is 406 g/mol. The van der Waals surface area contributed by atoms with Crippen molar-refractivity contribution in [3.05, 3.63) is 58.2 Å². The molecule has 0 atom stereocenters. The van der Waals surface area contributed by atoms with Crippen LogP contribution in [0, 0.1) is 13.8 Å². The fourth-order valence-electron chi connectivity index (χ4n) is 3.26. The van der Waals surface area contributed by atoms with E-state index in [2.05, 4.69) is 65.4 Å². The van der Waals surface area contributed by atoms with Gasteiger partial charge in [-0.1, -0.05) is 29.8 Å². The second kappa shape index (κ2) is 7.75. The quantitative estimate of drug-likeness (QED) is 0.511. The molecule has 0 spiro atoms. The zero-order valence-electron chi connectivity index (χ0n) is 16.9. The molecule has 0 bridgehead atoms. The fraction of sp³-hybridized carbons (Fsp3) is 0.273. The molecule has 0 aliphatic carbocycles. The first-order valence-corrected chi connectivity index (χ1v) is 10.4. The van der Waals surface area contributed by atoms with Crippen LogP contribution in [-0.2, 0) is 11.2 Å². The van der Waals surface area contributed by atoms with E-state index >= 15 is 0 Å². The Morgan fingerprint density at radius 1 is 1.17 bits per heavy atom. The molecule has 0 aliphatic rings. The summed E-state index contributed by atoms with van der Waals surface area (Å²) in [5.41, 5.74) is 4.60. The minimum Gasteiger partial charge on any atom is -0.324 e. The van der Waals surface area contributed by atoms with Crippen molar-refractivity contribution in [2.75, 3.05) is 5.32 Å². The summed E-state index contributed by atoms with van der Waals surface area (Å²) in [5, 5.41) is 9.19. The normalized spacial score (nSPS) is 11.3. The second-order valence-electron chi connectivity index (χ2n) is 7.42. The molecule has 4 rings (SSSR count). The summed E-state index contributed by atoms with van der Waals surface area (Å²) in [5.74, 6) is -0.0839. The molecule has 3 aromatic heterocycles. The maximum absolute atomic E-state index is 12.7. The molecule has 4 aromatic rings. The Bertz CT molecular complexity index is 1170. The molecule has 6 nitrogen and oxygen atoms in total. The molecule has 0 aliphatic heterocycles. The number of aryl methyl sites for hydroxylation is 2. The van der Waals surface area contributed by atoms with Crippen LogP contribution in [0.5, 0.6) is 0 Å². The first kappa shape index (κ1) is 19.3. The predicted octanol–water partition coefficient (Wildman–Crippen LogP) is 4.93. The van der Waals surface area contributed by atoms with Crippen LogP contribution in [0.15, 0.2) is 42.7 Å². The summed E-state index contributed by atoms with van der Waals surface area (Å²) in [6.07, 6.45) is 3.73. The summed E-state index contributed by atoms with van der Waals surface area (Å²) >= 11 is 1.56. The van der Waals surface area contributed by atoms with Gasteiger partial charge in [0.25, 0.3) is 0 Å². The minimum atomic E-state index is -0.0839. The lowest BCUT2D eigenvalue weighted by Crippen LogP contribution is -2.14. The van der Waals surface area contributed by atoms with Crippen LogP contribution < -0.4 is 5.32 Å². The maximum atomic E-state index is 12.7. The van der Waals surface area contributed by atoms with Crippen molar-refractivity contribution in [2.45, 2.75) is 40.2 Å². The molecule has 1 aromatic carbocycles. The summed E-state index contributed by atoms with van der Waals surface area (Å²) in [7, 11) is 0. The third kappa shape index (κ3) is 4.05. The number of pyridine rings is 1. The van der Waals surface area contributed by atoms with Crippen LogP contribution in [0.4, 0.5) is 5.69 Å². The first-order valence-electron chi connectivity index (χ1n) is 9.57. The number of amides is 1. The number of nitrogens with one attached hydrogen (secondary N) is 1. The standard InChI is InChI=1S/C22H23N5OS/c1-13(2)27-22-17(11-24-27)9-18(12-23-22)26-20(28)10-19-21(25-15(4)29-19)16-7-5-14(3)6-8-16/h5-9,11-13H,10H2,1-4H3,(H,26,28). The molecule has 148 valence electrons. The van der Waals surface area contributed by atoms with Gasteiger partial charge in [-0.15, -0.1) is 11.3 Å². The molecule has 1 amide bonds. The first-order chi connectivity index (χ1) is 13.9. The van der Waals surface area contributed by atoms with Gasteiger partial charge in [-0.25, -0.2) is 14.6 Å². The zero-order valence-corrected chi connectivity index (χ0v) is 17.7. The number of carbonyl (C=O) groups is 1. The molecule has 0 radical (unpaired) electrons. The van der Waals surface area contributed by atoms with Crippen molar-refractivity contribution in [3.8, 4) is 11.3 Å². The van der Waals surface area contributed by atoms with E-state index in [1.807, 2.05) is 17.7 Å². The molecule has 0 unspecified atom stereocenters. The lowest BCUT2D eigenvalue weighted by Gasteiger charge is -2.08. The number of nitrogens with zero attached hydrogens (tertiary/aromatic N) is 4. The number of hydrogen-bond donors (Lipinski definition) is 1. The second-order valence-corrected chi connectivity index (χ2v) is 8.70. The molecular weight excluding hydrogens is 382 g/mol. The van der Waals surface area contributed by atoms with Crippen LogP contribution in [0.1, 0.15) is 35.3 Å². The van der Waals surface area contributed by atoms with Crippen molar-refractivity contribution >= 4 is 34.0 Å². The number of anilines is 1. The number of aromatic nitrogens is 4. The van der Waals surface area contributed by atoms with E-state index < -0.39 is 0 Å². The molecule has 0 fully saturated rings. The van der Waals surface area contributed by atoms with Crippen LogP contribution in [0.2, 0.25) is 0 Å². The Kier molecular flexibility index (Phi) is 5.15. The van der Waals surface area contributed by atoms with Gasteiger partial charge in [0.2, 0.25) is 5.91 Å². The van der Waals surface area contributed by atoms with Gasteiger partial charge in [0, 0.05) is 21.9 Å². The summed E-state index contributed by atoms with van der Waals surface area (Å²) in [6, 6.07) is 10.4. The Hall–Kier alpha value is -3.06. The van der Waals surface area contributed by atoms with Crippen LogP contribution in [0.25, 0.3) is 22.3 Å². The van der Waals surface area contributed by atoms with Crippen LogP contribution >= 0.6 is 11.3 Å². The number of rotatable bonds is 5. The van der Waals surface area contributed by atoms with Gasteiger partial charge in [0.15, 0.2) is 5.65 Å². The lowest BCUT2D eigenvalue weighted by molar-refractivity contribution is -0.115. The Morgan fingerprint density at radius 3 is 2.66 bits per heavy atom. The van der Waals surface area contributed by atoms with Crippen molar-refractivity contribution in [1.82, 2.24) is 19.7 Å². The zero-order chi connectivity index (χ0) is 20.5. The minimum absolute atomic E-state index is 0.0839. The van der Waals surface area contributed by atoms with E-state index in [4.69, 9.17) is 0 Å². The predicted molar refractivity (Wildman–Crippen MR) is 117 cm³/mol. The van der Waals surface area contributed by atoms with Gasteiger partial charge in [-0.3, -0.25) is 4.79 Å². The number of carbonyl (C=O) groups excluding carboxylic acids is 1. The molecular formula is C22H23N5OS. The number of fused-ring (bicyclic) bond motifs is 1. The monoisotopic (exact) mass is 405 g/mol. The smallest absolute Gasteiger partial charge is 0.229 e. The molecule has 7 heteroatoms. The van der Waals surface area contributed by atoms with Crippen molar-refractivity contribution < 1.29 is 4.79 Å². The van der Waals surface area contributed by atoms with E-state index in [0.29, 0.717) is 5.69 Å². The number of hydrogen-bond acceptors (Lipinski definition) is 5. The lowest BCUT2D eigenvalue weighted by atomic mass is 10.1.